The van der Waals surface area contributed by atoms with E-state index in [9.17, 15) is 4.79 Å². The van der Waals surface area contributed by atoms with Crippen LogP contribution < -0.4 is 5.32 Å². The predicted molar refractivity (Wildman–Crippen MR) is 77.6 cm³/mol. The number of carbonyl (C=O) groups is 1. The van der Waals surface area contributed by atoms with Crippen LogP contribution in [0.3, 0.4) is 0 Å². The standard InChI is InChI=1S/C16H22N2O2/c19-15(17-8-9-18-10-12-20-13-11-18)16(6-7-16)14-4-2-1-3-5-14/h1-5H,6-13H2,(H,17,19). The van der Waals surface area contributed by atoms with Gasteiger partial charge in [-0.1, -0.05) is 30.3 Å². The molecule has 0 spiro atoms. The molecule has 0 aromatic heterocycles. The van der Waals surface area contributed by atoms with E-state index in [-0.39, 0.29) is 11.3 Å². The Morgan fingerprint density at radius 1 is 1.20 bits per heavy atom. The van der Waals surface area contributed by atoms with E-state index in [1.54, 1.807) is 0 Å². The smallest absolute Gasteiger partial charge is 0.230 e. The Balaban J connectivity index is 1.49. The van der Waals surface area contributed by atoms with Crippen LogP contribution in [0.15, 0.2) is 30.3 Å². The highest BCUT2D eigenvalue weighted by Gasteiger charge is 2.50. The maximum atomic E-state index is 12.4. The Hall–Kier alpha value is -1.39. The van der Waals surface area contributed by atoms with Gasteiger partial charge in [0, 0.05) is 26.2 Å². The van der Waals surface area contributed by atoms with E-state index >= 15 is 0 Å². The third kappa shape index (κ3) is 2.86. The van der Waals surface area contributed by atoms with E-state index in [4.69, 9.17) is 4.74 Å². The zero-order valence-electron chi connectivity index (χ0n) is 11.8. The summed E-state index contributed by atoms with van der Waals surface area (Å²) in [6.45, 7) is 5.20. The number of nitrogens with one attached hydrogen (secondary N) is 1. The van der Waals surface area contributed by atoms with Gasteiger partial charge in [-0.25, -0.2) is 0 Å². The van der Waals surface area contributed by atoms with Crippen molar-refractivity contribution < 1.29 is 9.53 Å². The molecule has 1 amide bonds. The summed E-state index contributed by atoms with van der Waals surface area (Å²) in [6, 6.07) is 10.1. The van der Waals surface area contributed by atoms with Crippen LogP contribution in [0.2, 0.25) is 0 Å². The SMILES string of the molecule is O=C(NCCN1CCOCC1)C1(c2ccccc2)CC1. The first-order valence-corrected chi connectivity index (χ1v) is 7.45. The Labute approximate surface area is 120 Å². The van der Waals surface area contributed by atoms with Crippen LogP contribution in [0.1, 0.15) is 18.4 Å². The van der Waals surface area contributed by atoms with Crippen molar-refractivity contribution in [2.24, 2.45) is 0 Å². The van der Waals surface area contributed by atoms with Crippen LogP contribution >= 0.6 is 0 Å². The number of ether oxygens (including phenoxy) is 1. The van der Waals surface area contributed by atoms with Gasteiger partial charge in [-0.15, -0.1) is 0 Å². The van der Waals surface area contributed by atoms with Gasteiger partial charge in [0.25, 0.3) is 0 Å². The second-order valence-electron chi connectivity index (χ2n) is 5.66. The number of nitrogens with zero attached hydrogens (tertiary/aromatic N) is 1. The summed E-state index contributed by atoms with van der Waals surface area (Å²) in [7, 11) is 0. The van der Waals surface area contributed by atoms with Crippen LogP contribution in [0.5, 0.6) is 0 Å². The van der Waals surface area contributed by atoms with Gasteiger partial charge in [0.2, 0.25) is 5.91 Å². The quantitative estimate of drug-likeness (QED) is 0.876. The van der Waals surface area contributed by atoms with Gasteiger partial charge in [-0.2, -0.15) is 0 Å². The van der Waals surface area contributed by atoms with Crippen molar-refractivity contribution in [2.75, 3.05) is 39.4 Å². The molecule has 1 heterocycles. The normalized spacial score (nSPS) is 21.4. The molecule has 4 heteroatoms. The molecule has 0 atom stereocenters. The highest BCUT2D eigenvalue weighted by molar-refractivity contribution is 5.91. The Morgan fingerprint density at radius 2 is 1.90 bits per heavy atom. The first-order valence-electron chi connectivity index (χ1n) is 7.45. The van der Waals surface area contributed by atoms with Gasteiger partial charge in [-0.05, 0) is 18.4 Å². The van der Waals surface area contributed by atoms with Crippen molar-refractivity contribution in [3.05, 3.63) is 35.9 Å². The minimum atomic E-state index is -0.244. The number of carbonyl (C=O) groups excluding carboxylic acids is 1. The third-order valence-electron chi connectivity index (χ3n) is 4.33. The zero-order chi connectivity index (χ0) is 13.8. The fourth-order valence-corrected chi connectivity index (χ4v) is 2.85. The molecule has 1 N–H and O–H groups in total. The van der Waals surface area contributed by atoms with Crippen LogP contribution in [-0.4, -0.2) is 50.2 Å². The maximum absolute atomic E-state index is 12.4. The Kier molecular flexibility index (Phi) is 4.03. The molecule has 0 radical (unpaired) electrons. The molecule has 3 rings (SSSR count). The molecule has 1 aliphatic heterocycles. The van der Waals surface area contributed by atoms with E-state index in [0.717, 1.165) is 57.8 Å². The molecule has 2 fully saturated rings. The molecular formula is C16H22N2O2. The Morgan fingerprint density at radius 3 is 2.55 bits per heavy atom. The van der Waals surface area contributed by atoms with Gasteiger partial charge in [0.1, 0.15) is 0 Å². The van der Waals surface area contributed by atoms with Crippen molar-refractivity contribution in [2.45, 2.75) is 18.3 Å². The molecule has 4 nitrogen and oxygen atoms in total. The van der Waals surface area contributed by atoms with Crippen LogP contribution in [0.25, 0.3) is 0 Å². The highest BCUT2D eigenvalue weighted by Crippen LogP contribution is 2.48. The topological polar surface area (TPSA) is 41.6 Å². The lowest BCUT2D eigenvalue weighted by Gasteiger charge is -2.26. The van der Waals surface area contributed by atoms with Crippen LogP contribution in [0.4, 0.5) is 0 Å². The van der Waals surface area contributed by atoms with Gasteiger partial charge < -0.3 is 10.1 Å². The molecule has 20 heavy (non-hydrogen) atoms. The lowest BCUT2D eigenvalue weighted by atomic mass is 9.95. The summed E-state index contributed by atoms with van der Waals surface area (Å²) in [5, 5.41) is 3.11. The minimum absolute atomic E-state index is 0.192. The number of amides is 1. The lowest BCUT2D eigenvalue weighted by molar-refractivity contribution is -0.123. The van der Waals surface area contributed by atoms with Gasteiger partial charge in [-0.3, -0.25) is 9.69 Å². The molecule has 1 saturated heterocycles. The zero-order valence-corrected chi connectivity index (χ0v) is 11.8. The fraction of sp³-hybridized carbons (Fsp3) is 0.562. The number of rotatable bonds is 5. The highest BCUT2D eigenvalue weighted by atomic mass is 16.5. The lowest BCUT2D eigenvalue weighted by Crippen LogP contribution is -2.43. The number of morpholine rings is 1. The van der Waals surface area contributed by atoms with E-state index in [1.165, 1.54) is 0 Å². The van der Waals surface area contributed by atoms with Crippen molar-refractivity contribution >= 4 is 5.91 Å². The molecule has 1 aromatic rings. The fourth-order valence-electron chi connectivity index (χ4n) is 2.85. The van der Waals surface area contributed by atoms with E-state index in [1.807, 2.05) is 18.2 Å². The summed E-state index contributed by atoms with van der Waals surface area (Å²) < 4.78 is 5.32. The molecule has 1 saturated carbocycles. The van der Waals surface area contributed by atoms with Gasteiger partial charge >= 0.3 is 0 Å². The Bertz CT molecular complexity index is 451. The molecule has 1 aromatic carbocycles. The molecular weight excluding hydrogens is 252 g/mol. The molecule has 0 unspecified atom stereocenters. The molecule has 0 bridgehead atoms. The summed E-state index contributed by atoms with van der Waals surface area (Å²) in [5.74, 6) is 0.192. The average molecular weight is 274 g/mol. The van der Waals surface area contributed by atoms with Gasteiger partial charge in [0.05, 0.1) is 18.6 Å². The second-order valence-corrected chi connectivity index (χ2v) is 5.66. The summed E-state index contributed by atoms with van der Waals surface area (Å²) >= 11 is 0. The monoisotopic (exact) mass is 274 g/mol. The first kappa shape index (κ1) is 13.6. The van der Waals surface area contributed by atoms with Gasteiger partial charge in [0.15, 0.2) is 0 Å². The maximum Gasteiger partial charge on any atom is 0.230 e. The molecule has 1 aliphatic carbocycles. The number of benzene rings is 1. The summed E-state index contributed by atoms with van der Waals surface area (Å²) in [5.41, 5.74) is 0.913. The largest absolute Gasteiger partial charge is 0.379 e. The number of hydrogen-bond acceptors (Lipinski definition) is 3. The van der Waals surface area contributed by atoms with Crippen LogP contribution in [-0.2, 0) is 14.9 Å². The van der Waals surface area contributed by atoms with E-state index in [2.05, 4.69) is 22.3 Å². The molecule has 108 valence electrons. The third-order valence-corrected chi connectivity index (χ3v) is 4.33. The van der Waals surface area contributed by atoms with E-state index in [0.29, 0.717) is 0 Å². The van der Waals surface area contributed by atoms with E-state index < -0.39 is 0 Å². The summed E-state index contributed by atoms with van der Waals surface area (Å²) in [4.78, 5) is 14.8. The average Bonchev–Trinajstić information content (AvgIpc) is 3.31. The second kappa shape index (κ2) is 5.94. The molecule has 2 aliphatic rings. The minimum Gasteiger partial charge on any atom is -0.379 e. The predicted octanol–water partition coefficient (Wildman–Crippen LogP) is 1.17. The number of hydrogen-bond donors (Lipinski definition) is 1. The van der Waals surface area contributed by atoms with Crippen molar-refractivity contribution in [1.29, 1.82) is 0 Å². The summed E-state index contributed by atoms with van der Waals surface area (Å²) in [6.07, 6.45) is 1.95. The first-order chi connectivity index (χ1) is 9.81. The van der Waals surface area contributed by atoms with Crippen molar-refractivity contribution in [3.63, 3.8) is 0 Å². The van der Waals surface area contributed by atoms with Crippen LogP contribution in [0, 0.1) is 0 Å². The van der Waals surface area contributed by atoms with Crippen molar-refractivity contribution in [1.82, 2.24) is 10.2 Å². The van der Waals surface area contributed by atoms with Crippen molar-refractivity contribution in [3.8, 4) is 0 Å².